The first-order chi connectivity index (χ1) is 10.6. The Kier molecular flexibility index (Phi) is 4.57. The number of nitrogens with one attached hydrogen (secondary N) is 1. The van der Waals surface area contributed by atoms with Crippen LogP contribution >= 0.6 is 11.3 Å². The van der Waals surface area contributed by atoms with Crippen LogP contribution in [-0.4, -0.2) is 21.5 Å². The van der Waals surface area contributed by atoms with E-state index in [1.165, 1.54) is 41.5 Å². The van der Waals surface area contributed by atoms with Crippen LogP contribution in [0, 0.1) is 5.92 Å². The topological polar surface area (TPSA) is 64.0 Å². The zero-order valence-electron chi connectivity index (χ0n) is 12.7. The molecule has 2 atom stereocenters. The minimum absolute atomic E-state index is 0.0241. The summed E-state index contributed by atoms with van der Waals surface area (Å²) in [6.07, 6.45) is 6.55. The van der Waals surface area contributed by atoms with Crippen molar-refractivity contribution < 1.29 is 4.79 Å². The van der Waals surface area contributed by atoms with Crippen LogP contribution in [0.25, 0.3) is 10.2 Å². The number of rotatable bonds is 4. The van der Waals surface area contributed by atoms with Gasteiger partial charge in [0, 0.05) is 19.0 Å². The third kappa shape index (κ3) is 3.21. The van der Waals surface area contributed by atoms with E-state index in [-0.39, 0.29) is 17.5 Å². The number of thiophene rings is 1. The number of aryl methyl sites for hydroxylation is 1. The van der Waals surface area contributed by atoms with Crippen LogP contribution in [-0.2, 0) is 11.3 Å². The lowest BCUT2D eigenvalue weighted by molar-refractivity contribution is -0.122. The zero-order valence-corrected chi connectivity index (χ0v) is 13.6. The summed E-state index contributed by atoms with van der Waals surface area (Å²) in [6.45, 7) is 2.58. The third-order valence-corrected chi connectivity index (χ3v) is 5.31. The molecule has 0 radical (unpaired) electrons. The average molecular weight is 319 g/mol. The van der Waals surface area contributed by atoms with Crippen molar-refractivity contribution in [2.75, 3.05) is 0 Å². The molecule has 0 bridgehead atoms. The molecular weight excluding hydrogens is 298 g/mol. The molecule has 6 heteroatoms. The quantitative estimate of drug-likeness (QED) is 0.942. The molecule has 2 heterocycles. The molecule has 1 saturated carbocycles. The highest BCUT2D eigenvalue weighted by Crippen LogP contribution is 2.23. The minimum atomic E-state index is -0.0647. The van der Waals surface area contributed by atoms with E-state index >= 15 is 0 Å². The Labute approximate surface area is 133 Å². The van der Waals surface area contributed by atoms with Gasteiger partial charge in [-0.2, -0.15) is 0 Å². The van der Waals surface area contributed by atoms with Gasteiger partial charge in [0.2, 0.25) is 5.91 Å². The summed E-state index contributed by atoms with van der Waals surface area (Å²) >= 11 is 1.45. The van der Waals surface area contributed by atoms with E-state index in [4.69, 9.17) is 0 Å². The maximum atomic E-state index is 12.2. The summed E-state index contributed by atoms with van der Waals surface area (Å²) in [4.78, 5) is 29.4. The standard InChI is InChI=1S/C16H21N3O2S/c1-11-4-2-3-5-13(11)18-14(20)6-8-19-10-17-15-12(16(19)21)7-9-22-15/h7,9-11,13H,2-6,8H2,1H3,(H,18,20)/t11-,13-/m1/s1. The summed E-state index contributed by atoms with van der Waals surface area (Å²) in [5.41, 5.74) is -0.0647. The second-order valence-corrected chi connectivity index (χ2v) is 6.96. The highest BCUT2D eigenvalue weighted by molar-refractivity contribution is 7.16. The molecule has 0 unspecified atom stereocenters. The average Bonchev–Trinajstić information content (AvgIpc) is 2.98. The number of fused-ring (bicyclic) bond motifs is 1. The second kappa shape index (κ2) is 6.60. The molecule has 2 aromatic rings. The molecule has 3 rings (SSSR count). The first-order valence-electron chi connectivity index (χ1n) is 7.87. The van der Waals surface area contributed by atoms with Crippen molar-refractivity contribution >= 4 is 27.5 Å². The molecule has 22 heavy (non-hydrogen) atoms. The largest absolute Gasteiger partial charge is 0.353 e. The van der Waals surface area contributed by atoms with Crippen molar-refractivity contribution in [2.45, 2.75) is 51.6 Å². The predicted octanol–water partition coefficient (Wildman–Crippen LogP) is 2.54. The van der Waals surface area contributed by atoms with E-state index in [2.05, 4.69) is 17.2 Å². The Bertz CT molecular complexity index is 721. The second-order valence-electron chi connectivity index (χ2n) is 6.07. The van der Waals surface area contributed by atoms with Crippen LogP contribution in [0.3, 0.4) is 0 Å². The molecule has 2 aromatic heterocycles. The molecule has 0 aliphatic heterocycles. The van der Waals surface area contributed by atoms with Gasteiger partial charge < -0.3 is 5.32 Å². The lowest BCUT2D eigenvalue weighted by atomic mass is 9.86. The number of hydrogen-bond acceptors (Lipinski definition) is 4. The Morgan fingerprint density at radius 1 is 1.45 bits per heavy atom. The zero-order chi connectivity index (χ0) is 15.5. The maximum absolute atomic E-state index is 12.2. The number of amides is 1. The van der Waals surface area contributed by atoms with Gasteiger partial charge in [-0.25, -0.2) is 4.98 Å². The normalized spacial score (nSPS) is 21.9. The van der Waals surface area contributed by atoms with Crippen molar-refractivity contribution in [3.8, 4) is 0 Å². The molecule has 118 valence electrons. The van der Waals surface area contributed by atoms with Gasteiger partial charge in [-0.15, -0.1) is 11.3 Å². The smallest absolute Gasteiger partial charge is 0.262 e. The van der Waals surface area contributed by atoms with Gasteiger partial charge in [0.05, 0.1) is 11.7 Å². The number of nitrogens with zero attached hydrogens (tertiary/aromatic N) is 2. The summed E-state index contributed by atoms with van der Waals surface area (Å²) in [5.74, 6) is 0.570. The molecule has 1 N–H and O–H groups in total. The van der Waals surface area contributed by atoms with Crippen molar-refractivity contribution in [3.05, 3.63) is 28.1 Å². The summed E-state index contributed by atoms with van der Waals surface area (Å²) in [5, 5.41) is 5.61. The molecule has 5 nitrogen and oxygen atoms in total. The molecule has 0 saturated heterocycles. The summed E-state index contributed by atoms with van der Waals surface area (Å²) in [6, 6.07) is 2.07. The van der Waals surface area contributed by atoms with Gasteiger partial charge >= 0.3 is 0 Å². The van der Waals surface area contributed by atoms with Crippen molar-refractivity contribution in [1.82, 2.24) is 14.9 Å². The SMILES string of the molecule is C[C@@H]1CCCC[C@H]1NC(=O)CCn1cnc2sccc2c1=O. The lowest BCUT2D eigenvalue weighted by Gasteiger charge is -2.29. The molecule has 0 spiro atoms. The van der Waals surface area contributed by atoms with Crippen LogP contribution in [0.2, 0.25) is 0 Å². The first-order valence-corrected chi connectivity index (χ1v) is 8.75. The number of carbonyl (C=O) groups is 1. The lowest BCUT2D eigenvalue weighted by Crippen LogP contribution is -2.41. The van der Waals surface area contributed by atoms with E-state index < -0.39 is 0 Å². The van der Waals surface area contributed by atoms with Gasteiger partial charge in [0.1, 0.15) is 4.83 Å². The van der Waals surface area contributed by atoms with E-state index in [1.54, 1.807) is 6.07 Å². The van der Waals surface area contributed by atoms with Crippen LogP contribution < -0.4 is 10.9 Å². The first kappa shape index (κ1) is 15.2. The summed E-state index contributed by atoms with van der Waals surface area (Å²) in [7, 11) is 0. The Hall–Kier alpha value is -1.69. The predicted molar refractivity (Wildman–Crippen MR) is 88.1 cm³/mol. The van der Waals surface area contributed by atoms with Gasteiger partial charge in [-0.3, -0.25) is 14.2 Å². The highest BCUT2D eigenvalue weighted by atomic mass is 32.1. The van der Waals surface area contributed by atoms with E-state index in [0.717, 1.165) is 11.3 Å². The van der Waals surface area contributed by atoms with Crippen LogP contribution in [0.5, 0.6) is 0 Å². The molecule has 1 aliphatic rings. The van der Waals surface area contributed by atoms with Gasteiger partial charge in [-0.05, 0) is 30.2 Å². The van der Waals surface area contributed by atoms with Crippen LogP contribution in [0.15, 0.2) is 22.6 Å². The Morgan fingerprint density at radius 3 is 3.09 bits per heavy atom. The van der Waals surface area contributed by atoms with Gasteiger partial charge in [-0.1, -0.05) is 19.8 Å². The van der Waals surface area contributed by atoms with Gasteiger partial charge in [0.15, 0.2) is 0 Å². The van der Waals surface area contributed by atoms with Gasteiger partial charge in [0.25, 0.3) is 5.56 Å². The van der Waals surface area contributed by atoms with E-state index in [0.29, 0.717) is 24.3 Å². The molecule has 0 aromatic carbocycles. The fourth-order valence-electron chi connectivity index (χ4n) is 3.08. The van der Waals surface area contributed by atoms with Crippen molar-refractivity contribution in [1.29, 1.82) is 0 Å². The van der Waals surface area contributed by atoms with Crippen LogP contribution in [0.1, 0.15) is 39.0 Å². The molecule has 1 fully saturated rings. The molecular formula is C16H21N3O2S. The monoisotopic (exact) mass is 319 g/mol. The minimum Gasteiger partial charge on any atom is -0.353 e. The highest BCUT2D eigenvalue weighted by Gasteiger charge is 2.22. The van der Waals surface area contributed by atoms with E-state index in [1.807, 2.05) is 5.38 Å². The molecule has 1 amide bonds. The fraction of sp³-hybridized carbons (Fsp3) is 0.562. The number of aromatic nitrogens is 2. The molecule has 1 aliphatic carbocycles. The maximum Gasteiger partial charge on any atom is 0.262 e. The Balaban J connectivity index is 1.60. The fourth-order valence-corrected chi connectivity index (χ4v) is 3.81. The van der Waals surface area contributed by atoms with E-state index in [9.17, 15) is 9.59 Å². The number of hydrogen-bond donors (Lipinski definition) is 1. The van der Waals surface area contributed by atoms with Crippen molar-refractivity contribution in [2.24, 2.45) is 5.92 Å². The van der Waals surface area contributed by atoms with Crippen molar-refractivity contribution in [3.63, 3.8) is 0 Å². The Morgan fingerprint density at radius 2 is 2.27 bits per heavy atom. The van der Waals surface area contributed by atoms with Crippen LogP contribution in [0.4, 0.5) is 0 Å². The number of carbonyl (C=O) groups excluding carboxylic acids is 1. The summed E-state index contributed by atoms with van der Waals surface area (Å²) < 4.78 is 1.53. The third-order valence-electron chi connectivity index (χ3n) is 4.49.